The second kappa shape index (κ2) is 10.9. The summed E-state index contributed by atoms with van der Waals surface area (Å²) in [4.78, 5) is 31.1. The van der Waals surface area contributed by atoms with Gasteiger partial charge in [0.1, 0.15) is 11.3 Å². The van der Waals surface area contributed by atoms with Crippen molar-refractivity contribution >= 4 is 16.9 Å². The number of rotatable bonds is 11. The van der Waals surface area contributed by atoms with Gasteiger partial charge in [0, 0.05) is 13.1 Å². The molecule has 4 rings (SSSR count). The second-order valence-corrected chi connectivity index (χ2v) is 8.72. The highest BCUT2D eigenvalue weighted by Gasteiger charge is 2.42. The lowest BCUT2D eigenvalue weighted by Gasteiger charge is -2.28. The molecule has 180 valence electrons. The summed E-state index contributed by atoms with van der Waals surface area (Å²) in [7, 11) is 0. The number of unbranched alkanes of at least 4 members (excludes halogenated alkanes) is 2. The van der Waals surface area contributed by atoms with Crippen LogP contribution in [-0.4, -0.2) is 48.5 Å². The summed E-state index contributed by atoms with van der Waals surface area (Å²) in [6.45, 7) is 10.1. The molecule has 3 aromatic rings. The van der Waals surface area contributed by atoms with Crippen molar-refractivity contribution in [3.05, 3.63) is 75.6 Å². The number of amides is 1. The molecule has 0 bridgehead atoms. The Labute approximate surface area is 201 Å². The van der Waals surface area contributed by atoms with Crippen LogP contribution in [0.3, 0.4) is 0 Å². The number of fused-ring (bicyclic) bond motifs is 2. The van der Waals surface area contributed by atoms with Crippen LogP contribution in [0.15, 0.2) is 57.7 Å². The lowest BCUT2D eigenvalue weighted by molar-refractivity contribution is 0.0708. The molecule has 0 saturated heterocycles. The van der Waals surface area contributed by atoms with Crippen LogP contribution in [-0.2, 0) is 0 Å². The van der Waals surface area contributed by atoms with E-state index in [2.05, 4.69) is 25.7 Å². The third kappa shape index (κ3) is 4.73. The smallest absolute Gasteiger partial charge is 0.290 e. The van der Waals surface area contributed by atoms with Gasteiger partial charge in [0.2, 0.25) is 5.76 Å². The highest BCUT2D eigenvalue weighted by atomic mass is 16.5. The van der Waals surface area contributed by atoms with Crippen LogP contribution in [0.5, 0.6) is 5.75 Å². The standard InChI is InChI=1S/C28H34N2O4/c1-4-7-10-19-33-21-15-13-20(14-16-21)25-24-26(31)22-11-8-9-12-23(22)34-27(24)28(32)30(25)18-17-29(5-2)6-3/h8-9,11-16,25H,4-7,10,17-19H2,1-3H3. The molecule has 0 spiro atoms. The molecule has 0 aliphatic carbocycles. The molecule has 0 fully saturated rings. The van der Waals surface area contributed by atoms with Gasteiger partial charge in [0.15, 0.2) is 5.43 Å². The van der Waals surface area contributed by atoms with Gasteiger partial charge in [-0.05, 0) is 49.3 Å². The summed E-state index contributed by atoms with van der Waals surface area (Å²) >= 11 is 0. The number of ether oxygens (including phenoxy) is 1. The fourth-order valence-corrected chi connectivity index (χ4v) is 4.62. The van der Waals surface area contributed by atoms with E-state index >= 15 is 0 Å². The van der Waals surface area contributed by atoms with Crippen molar-refractivity contribution in [3.63, 3.8) is 0 Å². The minimum Gasteiger partial charge on any atom is -0.494 e. The quantitative estimate of drug-likeness (QED) is 0.364. The van der Waals surface area contributed by atoms with Crippen LogP contribution < -0.4 is 10.2 Å². The lowest BCUT2D eigenvalue weighted by atomic mass is 9.98. The van der Waals surface area contributed by atoms with E-state index in [9.17, 15) is 9.59 Å². The van der Waals surface area contributed by atoms with Crippen molar-refractivity contribution < 1.29 is 13.9 Å². The molecule has 1 atom stereocenters. The Balaban J connectivity index is 1.70. The van der Waals surface area contributed by atoms with Gasteiger partial charge in [0.05, 0.1) is 23.6 Å². The molecule has 2 aromatic carbocycles. The molecule has 1 aromatic heterocycles. The van der Waals surface area contributed by atoms with Gasteiger partial charge in [-0.25, -0.2) is 0 Å². The van der Waals surface area contributed by atoms with Gasteiger partial charge in [-0.1, -0.05) is 57.9 Å². The fraction of sp³-hybridized carbons (Fsp3) is 0.429. The highest BCUT2D eigenvalue weighted by Crippen LogP contribution is 2.38. The molecule has 1 aliphatic heterocycles. The Morgan fingerprint density at radius 2 is 1.71 bits per heavy atom. The Morgan fingerprint density at radius 1 is 0.971 bits per heavy atom. The number of hydrogen-bond donors (Lipinski definition) is 0. The van der Waals surface area contributed by atoms with Gasteiger partial charge in [0.25, 0.3) is 5.91 Å². The summed E-state index contributed by atoms with van der Waals surface area (Å²) in [5, 5.41) is 0.500. The van der Waals surface area contributed by atoms with E-state index in [0.717, 1.165) is 50.2 Å². The zero-order valence-electron chi connectivity index (χ0n) is 20.4. The van der Waals surface area contributed by atoms with Gasteiger partial charge < -0.3 is 19.0 Å². The first-order chi connectivity index (χ1) is 16.6. The summed E-state index contributed by atoms with van der Waals surface area (Å²) in [5.41, 5.74) is 1.62. The van der Waals surface area contributed by atoms with Crippen molar-refractivity contribution in [1.29, 1.82) is 0 Å². The number of likely N-dealkylation sites (N-methyl/N-ethyl adjacent to an activating group) is 1. The first kappa shape index (κ1) is 24.0. The maximum absolute atomic E-state index is 13.5. The fourth-order valence-electron chi connectivity index (χ4n) is 4.62. The molecule has 0 saturated carbocycles. The minimum absolute atomic E-state index is 0.138. The average Bonchev–Trinajstić information content (AvgIpc) is 3.15. The van der Waals surface area contributed by atoms with Crippen LogP contribution >= 0.6 is 0 Å². The van der Waals surface area contributed by atoms with Gasteiger partial charge in [-0.2, -0.15) is 0 Å². The molecular formula is C28H34N2O4. The lowest BCUT2D eigenvalue weighted by Crippen LogP contribution is -2.37. The number of nitrogens with zero attached hydrogens (tertiary/aromatic N) is 2. The third-order valence-electron chi connectivity index (χ3n) is 6.64. The normalized spacial score (nSPS) is 15.4. The Hall–Kier alpha value is -3.12. The Morgan fingerprint density at radius 3 is 2.41 bits per heavy atom. The molecule has 6 heteroatoms. The van der Waals surface area contributed by atoms with E-state index in [1.807, 2.05) is 36.4 Å². The monoisotopic (exact) mass is 462 g/mol. The predicted molar refractivity (Wildman–Crippen MR) is 135 cm³/mol. The highest BCUT2D eigenvalue weighted by molar-refractivity contribution is 5.99. The topological polar surface area (TPSA) is 63.0 Å². The van der Waals surface area contributed by atoms with Crippen molar-refractivity contribution in [2.45, 2.75) is 46.1 Å². The molecular weight excluding hydrogens is 428 g/mol. The summed E-state index contributed by atoms with van der Waals surface area (Å²) in [6, 6.07) is 14.4. The van der Waals surface area contributed by atoms with Crippen LogP contribution in [0.4, 0.5) is 0 Å². The Bertz CT molecular complexity index is 1180. The SMILES string of the molecule is CCCCCOc1ccc(C2c3c(oc4ccccc4c3=O)C(=O)N2CCN(CC)CC)cc1. The molecule has 1 unspecified atom stereocenters. The Kier molecular flexibility index (Phi) is 7.68. The molecule has 34 heavy (non-hydrogen) atoms. The van der Waals surface area contributed by atoms with Crippen molar-refractivity contribution in [2.24, 2.45) is 0 Å². The van der Waals surface area contributed by atoms with Gasteiger partial charge >= 0.3 is 0 Å². The van der Waals surface area contributed by atoms with E-state index in [1.54, 1.807) is 17.0 Å². The minimum atomic E-state index is -0.479. The van der Waals surface area contributed by atoms with Crippen molar-refractivity contribution in [3.8, 4) is 5.75 Å². The van der Waals surface area contributed by atoms with E-state index in [-0.39, 0.29) is 17.1 Å². The molecule has 0 radical (unpaired) electrons. The number of para-hydroxylation sites is 1. The summed E-state index contributed by atoms with van der Waals surface area (Å²) in [6.07, 6.45) is 3.32. The molecule has 1 amide bonds. The number of carbonyl (C=O) groups excluding carboxylic acids is 1. The molecule has 0 N–H and O–H groups in total. The summed E-state index contributed by atoms with van der Waals surface area (Å²) < 4.78 is 11.9. The average molecular weight is 463 g/mol. The van der Waals surface area contributed by atoms with E-state index in [4.69, 9.17) is 9.15 Å². The maximum Gasteiger partial charge on any atom is 0.290 e. The van der Waals surface area contributed by atoms with Gasteiger partial charge in [-0.15, -0.1) is 0 Å². The summed E-state index contributed by atoms with van der Waals surface area (Å²) in [5.74, 6) is 0.729. The zero-order chi connectivity index (χ0) is 24.1. The van der Waals surface area contributed by atoms with E-state index in [0.29, 0.717) is 29.7 Å². The molecule has 1 aliphatic rings. The van der Waals surface area contributed by atoms with Crippen LogP contribution in [0.1, 0.15) is 67.8 Å². The number of carbonyl (C=O) groups is 1. The molecule has 2 heterocycles. The largest absolute Gasteiger partial charge is 0.494 e. The molecule has 6 nitrogen and oxygen atoms in total. The zero-order valence-corrected chi connectivity index (χ0v) is 20.4. The first-order valence-corrected chi connectivity index (χ1v) is 12.4. The van der Waals surface area contributed by atoms with Crippen molar-refractivity contribution in [2.75, 3.05) is 32.8 Å². The maximum atomic E-state index is 13.5. The first-order valence-electron chi connectivity index (χ1n) is 12.4. The number of hydrogen-bond acceptors (Lipinski definition) is 5. The van der Waals surface area contributed by atoms with E-state index in [1.165, 1.54) is 0 Å². The van der Waals surface area contributed by atoms with Crippen LogP contribution in [0.25, 0.3) is 11.0 Å². The van der Waals surface area contributed by atoms with Crippen LogP contribution in [0.2, 0.25) is 0 Å². The second-order valence-electron chi connectivity index (χ2n) is 8.72. The van der Waals surface area contributed by atoms with E-state index < -0.39 is 6.04 Å². The number of benzene rings is 2. The van der Waals surface area contributed by atoms with Crippen molar-refractivity contribution in [1.82, 2.24) is 9.80 Å². The van der Waals surface area contributed by atoms with Gasteiger partial charge in [-0.3, -0.25) is 9.59 Å². The predicted octanol–water partition coefficient (Wildman–Crippen LogP) is 5.25. The van der Waals surface area contributed by atoms with Crippen LogP contribution in [0, 0.1) is 0 Å². The third-order valence-corrected chi connectivity index (χ3v) is 6.64.